The molecule has 38 heavy (non-hydrogen) atoms. The molecule has 0 aliphatic carbocycles. The minimum Gasteiger partial charge on any atom is -0.494 e. The van der Waals surface area contributed by atoms with E-state index in [4.69, 9.17) is 21.7 Å². The van der Waals surface area contributed by atoms with Crippen LogP contribution in [0.5, 0.6) is 17.4 Å². The SMILES string of the molecule is COc1cc2c(cc1OC)[C@@H](c1c(O)n(-c3ccccc3)c(=S)n(-c3ccccc3)c1=O)N(C(C)=O)CC2. The van der Waals surface area contributed by atoms with Crippen molar-refractivity contribution in [1.29, 1.82) is 0 Å². The van der Waals surface area contributed by atoms with Gasteiger partial charge in [0.2, 0.25) is 11.8 Å². The number of carbonyl (C=O) groups is 1. The third kappa shape index (κ3) is 4.14. The van der Waals surface area contributed by atoms with E-state index in [2.05, 4.69) is 0 Å². The summed E-state index contributed by atoms with van der Waals surface area (Å²) in [5.74, 6) is 0.458. The maximum Gasteiger partial charge on any atom is 0.268 e. The molecule has 0 spiro atoms. The van der Waals surface area contributed by atoms with Gasteiger partial charge < -0.3 is 19.5 Å². The maximum atomic E-state index is 14.3. The van der Waals surface area contributed by atoms with Crippen molar-refractivity contribution in [2.75, 3.05) is 20.8 Å². The number of nitrogens with zero attached hydrogens (tertiary/aromatic N) is 3. The molecule has 1 aliphatic rings. The van der Waals surface area contributed by atoms with Crippen LogP contribution in [0.4, 0.5) is 0 Å². The number of benzene rings is 3. The van der Waals surface area contributed by atoms with Crippen LogP contribution in [0.15, 0.2) is 77.6 Å². The van der Waals surface area contributed by atoms with E-state index in [1.54, 1.807) is 42.3 Å². The number of methoxy groups -OCH3 is 2. The molecule has 1 aliphatic heterocycles. The van der Waals surface area contributed by atoms with Crippen molar-refractivity contribution in [3.8, 4) is 28.8 Å². The Morgan fingerprint density at radius 2 is 1.47 bits per heavy atom. The van der Waals surface area contributed by atoms with E-state index in [0.29, 0.717) is 41.4 Å². The molecule has 3 aromatic carbocycles. The van der Waals surface area contributed by atoms with Crippen LogP contribution in [-0.2, 0) is 11.2 Å². The quantitative estimate of drug-likeness (QED) is 0.381. The third-order valence-electron chi connectivity index (χ3n) is 6.85. The third-order valence-corrected chi connectivity index (χ3v) is 7.21. The predicted octanol–water partition coefficient (Wildman–Crippen LogP) is 4.57. The fourth-order valence-electron chi connectivity index (χ4n) is 5.06. The van der Waals surface area contributed by atoms with Gasteiger partial charge in [-0.05, 0) is 66.2 Å². The smallest absolute Gasteiger partial charge is 0.268 e. The molecule has 1 atom stereocenters. The van der Waals surface area contributed by atoms with E-state index in [1.165, 1.54) is 23.2 Å². The van der Waals surface area contributed by atoms with Gasteiger partial charge in [-0.25, -0.2) is 0 Å². The number of rotatable bonds is 5. The van der Waals surface area contributed by atoms with E-state index in [1.807, 2.05) is 42.5 Å². The van der Waals surface area contributed by atoms with E-state index >= 15 is 0 Å². The summed E-state index contributed by atoms with van der Waals surface area (Å²) in [5.41, 5.74) is 2.22. The van der Waals surface area contributed by atoms with Gasteiger partial charge in [-0.15, -0.1) is 0 Å². The standard InChI is InChI=1S/C29H27N3O5S/c1-18(33)30-15-14-19-16-23(36-2)24(37-3)17-22(19)26(30)25-27(34)31(20-10-6-4-7-11-20)29(38)32(28(25)35)21-12-8-5-9-13-21/h4-13,16-17,26,34H,14-15H2,1-3H3/t26-/m0/s1. The monoisotopic (exact) mass is 529 g/mol. The van der Waals surface area contributed by atoms with Gasteiger partial charge in [-0.3, -0.25) is 18.7 Å². The zero-order valence-corrected chi connectivity index (χ0v) is 22.1. The number of ether oxygens (including phenoxy) is 2. The van der Waals surface area contributed by atoms with Crippen LogP contribution in [0.2, 0.25) is 0 Å². The minimum atomic E-state index is -0.885. The second-order valence-electron chi connectivity index (χ2n) is 8.94. The molecule has 0 fully saturated rings. The van der Waals surface area contributed by atoms with Crippen molar-refractivity contribution in [2.45, 2.75) is 19.4 Å². The van der Waals surface area contributed by atoms with E-state index in [9.17, 15) is 14.7 Å². The molecular formula is C29H27N3O5S. The van der Waals surface area contributed by atoms with Gasteiger partial charge in [-0.2, -0.15) is 0 Å². The number of amides is 1. The number of fused-ring (bicyclic) bond motifs is 1. The van der Waals surface area contributed by atoms with E-state index in [-0.39, 0.29) is 22.1 Å². The highest BCUT2D eigenvalue weighted by molar-refractivity contribution is 7.71. The van der Waals surface area contributed by atoms with Gasteiger partial charge in [0.15, 0.2) is 16.3 Å². The molecule has 4 aromatic rings. The molecule has 2 heterocycles. The average molecular weight is 530 g/mol. The summed E-state index contributed by atoms with van der Waals surface area (Å²) in [6, 6.07) is 20.9. The van der Waals surface area contributed by atoms with Crippen molar-refractivity contribution in [2.24, 2.45) is 0 Å². The first-order chi connectivity index (χ1) is 18.4. The van der Waals surface area contributed by atoms with Gasteiger partial charge in [0, 0.05) is 13.5 Å². The van der Waals surface area contributed by atoms with Crippen LogP contribution in [0.1, 0.15) is 29.7 Å². The fraction of sp³-hybridized carbons (Fsp3) is 0.207. The average Bonchev–Trinajstić information content (AvgIpc) is 2.93. The highest BCUT2D eigenvalue weighted by Gasteiger charge is 2.37. The van der Waals surface area contributed by atoms with Crippen molar-refractivity contribution < 1.29 is 19.4 Å². The lowest BCUT2D eigenvalue weighted by molar-refractivity contribution is -0.130. The summed E-state index contributed by atoms with van der Waals surface area (Å²) in [6.45, 7) is 1.81. The van der Waals surface area contributed by atoms with Crippen LogP contribution in [0, 0.1) is 4.77 Å². The van der Waals surface area contributed by atoms with Crippen molar-refractivity contribution >= 4 is 18.1 Å². The number of aromatic hydroxyl groups is 1. The van der Waals surface area contributed by atoms with Crippen molar-refractivity contribution in [3.63, 3.8) is 0 Å². The molecule has 0 bridgehead atoms. The maximum absolute atomic E-state index is 14.3. The molecule has 0 unspecified atom stereocenters. The first-order valence-corrected chi connectivity index (χ1v) is 12.5. The molecule has 8 nitrogen and oxygen atoms in total. The second-order valence-corrected chi connectivity index (χ2v) is 9.30. The van der Waals surface area contributed by atoms with Crippen LogP contribution < -0.4 is 15.0 Å². The Hall–Kier alpha value is -4.37. The highest BCUT2D eigenvalue weighted by atomic mass is 32.1. The largest absolute Gasteiger partial charge is 0.494 e. The Kier molecular flexibility index (Phi) is 6.77. The Bertz CT molecular complexity index is 1630. The zero-order valence-electron chi connectivity index (χ0n) is 21.2. The number of aromatic nitrogens is 2. The summed E-state index contributed by atoms with van der Waals surface area (Å²) >= 11 is 5.77. The Balaban J connectivity index is 1.90. The second kappa shape index (κ2) is 10.2. The Labute approximate surface area is 224 Å². The number of hydrogen-bond acceptors (Lipinski definition) is 6. The van der Waals surface area contributed by atoms with Gasteiger partial charge >= 0.3 is 0 Å². The van der Waals surface area contributed by atoms with E-state index < -0.39 is 11.6 Å². The van der Waals surface area contributed by atoms with Crippen molar-refractivity contribution in [3.05, 3.63) is 105 Å². The molecular weight excluding hydrogens is 502 g/mol. The number of carbonyl (C=O) groups excluding carboxylic acids is 1. The molecule has 0 radical (unpaired) electrons. The molecule has 1 amide bonds. The highest BCUT2D eigenvalue weighted by Crippen LogP contribution is 2.42. The molecule has 9 heteroatoms. The lowest BCUT2D eigenvalue weighted by Crippen LogP contribution is -2.43. The van der Waals surface area contributed by atoms with Crippen LogP contribution >= 0.6 is 12.2 Å². The van der Waals surface area contributed by atoms with Gasteiger partial charge in [0.05, 0.1) is 31.6 Å². The summed E-state index contributed by atoms with van der Waals surface area (Å²) in [4.78, 5) is 28.8. The lowest BCUT2D eigenvalue weighted by atomic mass is 9.88. The van der Waals surface area contributed by atoms with Crippen LogP contribution in [0.25, 0.3) is 11.4 Å². The minimum absolute atomic E-state index is 0.0367. The normalized spacial score (nSPS) is 14.6. The first kappa shape index (κ1) is 25.3. The fourth-order valence-corrected chi connectivity index (χ4v) is 5.44. The number of hydrogen-bond donors (Lipinski definition) is 1. The molecule has 0 saturated heterocycles. The van der Waals surface area contributed by atoms with Crippen LogP contribution in [0.3, 0.4) is 0 Å². The molecule has 0 saturated carbocycles. The summed E-state index contributed by atoms with van der Waals surface area (Å²) < 4.78 is 14.0. The molecule has 1 aromatic heterocycles. The molecule has 5 rings (SSSR count). The topological polar surface area (TPSA) is 85.9 Å². The van der Waals surface area contributed by atoms with E-state index in [0.717, 1.165) is 5.56 Å². The molecule has 1 N–H and O–H groups in total. The first-order valence-electron chi connectivity index (χ1n) is 12.1. The summed E-state index contributed by atoms with van der Waals surface area (Å²) in [7, 11) is 3.09. The zero-order chi connectivity index (χ0) is 27.0. The van der Waals surface area contributed by atoms with Crippen molar-refractivity contribution in [1.82, 2.24) is 14.0 Å². The van der Waals surface area contributed by atoms with Gasteiger partial charge in [0.25, 0.3) is 5.56 Å². The van der Waals surface area contributed by atoms with Gasteiger partial charge in [-0.1, -0.05) is 36.4 Å². The Morgan fingerprint density at radius 3 is 2.03 bits per heavy atom. The van der Waals surface area contributed by atoms with Crippen LogP contribution in [-0.4, -0.2) is 45.8 Å². The summed E-state index contributed by atoms with van der Waals surface area (Å²) in [6.07, 6.45) is 0.553. The van der Waals surface area contributed by atoms with Gasteiger partial charge in [0.1, 0.15) is 5.56 Å². The predicted molar refractivity (Wildman–Crippen MR) is 146 cm³/mol. The number of para-hydroxylation sites is 2. The lowest BCUT2D eigenvalue weighted by Gasteiger charge is -2.37. The Morgan fingerprint density at radius 1 is 0.921 bits per heavy atom. The summed E-state index contributed by atoms with van der Waals surface area (Å²) in [5, 5.41) is 11.8. The molecule has 194 valence electrons.